The smallest absolute Gasteiger partial charge is 0.193 e. The van der Waals surface area contributed by atoms with Crippen LogP contribution < -0.4 is 5.32 Å². The fourth-order valence-electron chi connectivity index (χ4n) is 3.64. The molecule has 3 rings (SSSR count). The van der Waals surface area contributed by atoms with E-state index in [-0.39, 0.29) is 24.0 Å². The number of aromatic hydroxyl groups is 1. The van der Waals surface area contributed by atoms with E-state index >= 15 is 0 Å². The van der Waals surface area contributed by atoms with Gasteiger partial charge >= 0.3 is 0 Å². The average Bonchev–Trinajstić information content (AvgIpc) is 3.21. The summed E-state index contributed by atoms with van der Waals surface area (Å²) in [7, 11) is 0. The molecule has 0 saturated carbocycles. The van der Waals surface area contributed by atoms with Crippen molar-refractivity contribution in [3.05, 3.63) is 65.7 Å². The Morgan fingerprint density at radius 1 is 1.13 bits per heavy atom. The Morgan fingerprint density at radius 3 is 2.63 bits per heavy atom. The summed E-state index contributed by atoms with van der Waals surface area (Å²) in [6.07, 6.45) is 3.11. The van der Waals surface area contributed by atoms with Crippen LogP contribution in [0.1, 0.15) is 30.9 Å². The molecule has 1 aliphatic heterocycles. The minimum absolute atomic E-state index is 0. The molecular weight excluding hydrogens is 489 g/mol. The number of benzene rings is 2. The standard InChI is InChI=1S/C24H33N3O2.HI/c1-2-25-24(26-15-6-9-20-10-12-23(28)13-11-20)27-16-14-22(17-27)19-29-18-21-7-4-3-5-8-21;/h3-5,7-8,10-13,22,28H,2,6,9,14-19H2,1H3,(H,25,26);1H. The van der Waals surface area contributed by atoms with Crippen LogP contribution in [0.2, 0.25) is 0 Å². The zero-order valence-electron chi connectivity index (χ0n) is 17.8. The van der Waals surface area contributed by atoms with Gasteiger partial charge in [-0.25, -0.2) is 0 Å². The monoisotopic (exact) mass is 523 g/mol. The first-order chi connectivity index (χ1) is 14.2. The average molecular weight is 523 g/mol. The maximum absolute atomic E-state index is 9.37. The van der Waals surface area contributed by atoms with Crippen molar-refractivity contribution in [1.29, 1.82) is 0 Å². The van der Waals surface area contributed by atoms with E-state index in [2.05, 4.69) is 41.4 Å². The minimum atomic E-state index is 0. The lowest BCUT2D eigenvalue weighted by Gasteiger charge is -2.21. The van der Waals surface area contributed by atoms with Gasteiger partial charge in [0.1, 0.15) is 5.75 Å². The third-order valence-electron chi connectivity index (χ3n) is 5.21. The molecule has 0 amide bonds. The molecule has 5 nitrogen and oxygen atoms in total. The zero-order valence-corrected chi connectivity index (χ0v) is 20.1. The number of ether oxygens (including phenoxy) is 1. The van der Waals surface area contributed by atoms with Gasteiger partial charge in [0.05, 0.1) is 13.2 Å². The van der Waals surface area contributed by atoms with Gasteiger partial charge in [-0.15, -0.1) is 24.0 Å². The lowest BCUT2D eigenvalue weighted by Crippen LogP contribution is -2.40. The Bertz CT molecular complexity index is 753. The number of nitrogens with zero attached hydrogens (tertiary/aromatic N) is 2. The number of aliphatic imine (C=N–C) groups is 1. The van der Waals surface area contributed by atoms with Crippen LogP contribution >= 0.6 is 24.0 Å². The lowest BCUT2D eigenvalue weighted by atomic mass is 10.1. The summed E-state index contributed by atoms with van der Waals surface area (Å²) >= 11 is 0. The van der Waals surface area contributed by atoms with E-state index in [1.165, 1.54) is 11.1 Å². The van der Waals surface area contributed by atoms with Gasteiger partial charge < -0.3 is 20.1 Å². The number of guanidine groups is 1. The van der Waals surface area contributed by atoms with Crippen molar-refractivity contribution in [3.8, 4) is 5.75 Å². The fourth-order valence-corrected chi connectivity index (χ4v) is 3.64. The van der Waals surface area contributed by atoms with Crippen LogP contribution in [-0.2, 0) is 17.8 Å². The summed E-state index contributed by atoms with van der Waals surface area (Å²) in [6, 6.07) is 17.8. The summed E-state index contributed by atoms with van der Waals surface area (Å²) in [4.78, 5) is 7.19. The summed E-state index contributed by atoms with van der Waals surface area (Å²) in [5.41, 5.74) is 2.46. The van der Waals surface area contributed by atoms with E-state index in [1.54, 1.807) is 12.1 Å². The van der Waals surface area contributed by atoms with E-state index in [1.807, 2.05) is 18.2 Å². The summed E-state index contributed by atoms with van der Waals surface area (Å²) < 4.78 is 5.94. The Hall–Kier alpha value is -1.80. The Labute approximate surface area is 197 Å². The highest BCUT2D eigenvalue weighted by Gasteiger charge is 2.24. The van der Waals surface area contributed by atoms with Gasteiger partial charge in [0.2, 0.25) is 0 Å². The van der Waals surface area contributed by atoms with Crippen LogP contribution in [0.5, 0.6) is 5.75 Å². The molecule has 2 N–H and O–H groups in total. The van der Waals surface area contributed by atoms with Crippen LogP contribution in [0.4, 0.5) is 0 Å². The molecule has 0 aliphatic carbocycles. The van der Waals surface area contributed by atoms with Crippen molar-refractivity contribution in [3.63, 3.8) is 0 Å². The quantitative estimate of drug-likeness (QED) is 0.221. The highest BCUT2D eigenvalue weighted by molar-refractivity contribution is 14.0. The second kappa shape index (κ2) is 13.5. The van der Waals surface area contributed by atoms with Crippen molar-refractivity contribution in [2.75, 3.05) is 32.8 Å². The molecule has 0 spiro atoms. The van der Waals surface area contributed by atoms with Crippen molar-refractivity contribution in [2.24, 2.45) is 10.9 Å². The van der Waals surface area contributed by atoms with Crippen molar-refractivity contribution in [1.82, 2.24) is 10.2 Å². The predicted octanol–water partition coefficient (Wildman–Crippen LogP) is 4.45. The highest BCUT2D eigenvalue weighted by Crippen LogP contribution is 2.17. The number of aryl methyl sites for hydroxylation is 1. The maximum Gasteiger partial charge on any atom is 0.193 e. The van der Waals surface area contributed by atoms with Gasteiger partial charge in [-0.3, -0.25) is 4.99 Å². The molecule has 0 aromatic heterocycles. The van der Waals surface area contributed by atoms with Crippen LogP contribution in [0, 0.1) is 5.92 Å². The topological polar surface area (TPSA) is 57.1 Å². The van der Waals surface area contributed by atoms with Crippen molar-refractivity contribution >= 4 is 29.9 Å². The number of hydrogen-bond donors (Lipinski definition) is 2. The van der Waals surface area contributed by atoms with Gasteiger partial charge in [0.25, 0.3) is 0 Å². The second-order valence-corrected chi connectivity index (χ2v) is 7.61. The number of likely N-dealkylation sites (tertiary alicyclic amines) is 1. The minimum Gasteiger partial charge on any atom is -0.508 e. The largest absolute Gasteiger partial charge is 0.508 e. The molecular formula is C24H34IN3O2. The molecule has 1 atom stereocenters. The first-order valence-electron chi connectivity index (χ1n) is 10.7. The molecule has 0 bridgehead atoms. The van der Waals surface area contributed by atoms with Gasteiger partial charge in [0.15, 0.2) is 5.96 Å². The Balaban J connectivity index is 0.00000320. The molecule has 30 heavy (non-hydrogen) atoms. The second-order valence-electron chi connectivity index (χ2n) is 7.61. The number of rotatable bonds is 9. The Kier molecular flexibility index (Phi) is 11.0. The Morgan fingerprint density at radius 2 is 1.90 bits per heavy atom. The molecule has 6 heteroatoms. The first kappa shape index (κ1) is 24.5. The van der Waals surface area contributed by atoms with Crippen LogP contribution in [0.3, 0.4) is 0 Å². The van der Waals surface area contributed by atoms with E-state index in [0.29, 0.717) is 18.3 Å². The molecule has 1 unspecified atom stereocenters. The van der Waals surface area contributed by atoms with Gasteiger partial charge in [-0.05, 0) is 49.4 Å². The SMILES string of the molecule is CCNC(=NCCCc1ccc(O)cc1)N1CCC(COCc2ccccc2)C1.I. The number of phenols is 1. The van der Waals surface area contributed by atoms with E-state index < -0.39 is 0 Å². The molecule has 2 aromatic rings. The number of halogens is 1. The normalized spacial score (nSPS) is 16.4. The first-order valence-corrected chi connectivity index (χ1v) is 10.7. The van der Waals surface area contributed by atoms with E-state index in [9.17, 15) is 5.11 Å². The van der Waals surface area contributed by atoms with E-state index in [4.69, 9.17) is 9.73 Å². The van der Waals surface area contributed by atoms with E-state index in [0.717, 1.165) is 58.0 Å². The van der Waals surface area contributed by atoms with Gasteiger partial charge in [-0.2, -0.15) is 0 Å². The molecule has 1 heterocycles. The lowest BCUT2D eigenvalue weighted by molar-refractivity contribution is 0.0907. The summed E-state index contributed by atoms with van der Waals surface area (Å²) in [6.45, 7) is 7.30. The highest BCUT2D eigenvalue weighted by atomic mass is 127. The molecule has 0 radical (unpaired) electrons. The molecule has 2 aromatic carbocycles. The summed E-state index contributed by atoms with van der Waals surface area (Å²) in [5, 5.41) is 12.8. The zero-order chi connectivity index (χ0) is 20.3. The molecule has 1 aliphatic rings. The molecule has 1 saturated heterocycles. The van der Waals surface area contributed by atoms with Gasteiger partial charge in [0, 0.05) is 32.1 Å². The summed E-state index contributed by atoms with van der Waals surface area (Å²) in [5.74, 6) is 1.89. The maximum atomic E-state index is 9.37. The third kappa shape index (κ3) is 8.14. The number of hydrogen-bond acceptors (Lipinski definition) is 3. The third-order valence-corrected chi connectivity index (χ3v) is 5.21. The fraction of sp³-hybridized carbons (Fsp3) is 0.458. The van der Waals surface area contributed by atoms with Gasteiger partial charge in [-0.1, -0.05) is 42.5 Å². The van der Waals surface area contributed by atoms with Crippen LogP contribution in [-0.4, -0.2) is 48.8 Å². The number of phenolic OH excluding ortho intramolecular Hbond substituents is 1. The molecule has 164 valence electrons. The van der Waals surface area contributed by atoms with Crippen LogP contribution in [0.25, 0.3) is 0 Å². The van der Waals surface area contributed by atoms with Crippen molar-refractivity contribution < 1.29 is 9.84 Å². The van der Waals surface area contributed by atoms with Crippen LogP contribution in [0.15, 0.2) is 59.6 Å². The molecule has 1 fully saturated rings. The van der Waals surface area contributed by atoms with Crippen molar-refractivity contribution in [2.45, 2.75) is 32.8 Å². The predicted molar refractivity (Wildman–Crippen MR) is 134 cm³/mol. The number of nitrogens with one attached hydrogen (secondary N) is 1.